The Morgan fingerprint density at radius 1 is 1.08 bits per heavy atom. The van der Waals surface area contributed by atoms with E-state index in [4.69, 9.17) is 0 Å². The first-order chi connectivity index (χ1) is 12.5. The van der Waals surface area contributed by atoms with E-state index in [1.807, 2.05) is 62.4 Å². The SMILES string of the molecule is Cc1cccc(NC(=O)C(C)n2ncc(-c3ccccc3)nc2=O)c1C. The molecule has 0 aliphatic rings. The molecular weight excluding hydrogens is 328 g/mol. The molecule has 0 radical (unpaired) electrons. The highest BCUT2D eigenvalue weighted by Gasteiger charge is 2.19. The number of amides is 1. The van der Waals surface area contributed by atoms with Crippen molar-refractivity contribution in [3.8, 4) is 11.3 Å². The smallest absolute Gasteiger partial charge is 0.324 e. The van der Waals surface area contributed by atoms with Crippen LogP contribution in [0.5, 0.6) is 0 Å². The van der Waals surface area contributed by atoms with Gasteiger partial charge in [0.05, 0.1) is 11.9 Å². The number of benzene rings is 2. The fourth-order valence-corrected chi connectivity index (χ4v) is 2.60. The van der Waals surface area contributed by atoms with Crippen LogP contribution in [0.3, 0.4) is 0 Å². The summed E-state index contributed by atoms with van der Waals surface area (Å²) in [4.78, 5) is 28.9. The molecule has 132 valence electrons. The third-order valence-electron chi connectivity index (χ3n) is 4.39. The van der Waals surface area contributed by atoms with Crippen molar-refractivity contribution in [1.29, 1.82) is 0 Å². The summed E-state index contributed by atoms with van der Waals surface area (Å²) in [6.45, 7) is 5.54. The van der Waals surface area contributed by atoms with Gasteiger partial charge in [-0.2, -0.15) is 10.1 Å². The van der Waals surface area contributed by atoms with E-state index in [9.17, 15) is 9.59 Å². The zero-order valence-electron chi connectivity index (χ0n) is 14.9. The molecule has 0 spiro atoms. The molecule has 1 aromatic heterocycles. The molecule has 1 amide bonds. The summed E-state index contributed by atoms with van der Waals surface area (Å²) < 4.78 is 1.09. The minimum atomic E-state index is -0.778. The molecule has 6 heteroatoms. The molecule has 1 heterocycles. The number of hydrogen-bond donors (Lipinski definition) is 1. The summed E-state index contributed by atoms with van der Waals surface area (Å²) in [5, 5.41) is 6.99. The molecule has 6 nitrogen and oxygen atoms in total. The van der Waals surface area contributed by atoms with Crippen LogP contribution in [0, 0.1) is 13.8 Å². The minimum absolute atomic E-state index is 0.317. The van der Waals surface area contributed by atoms with Gasteiger partial charge in [-0.15, -0.1) is 0 Å². The Bertz CT molecular complexity index is 996. The van der Waals surface area contributed by atoms with E-state index in [2.05, 4.69) is 15.4 Å². The Morgan fingerprint density at radius 2 is 1.81 bits per heavy atom. The molecule has 1 atom stereocenters. The maximum Gasteiger partial charge on any atom is 0.365 e. The van der Waals surface area contributed by atoms with Gasteiger partial charge in [0.1, 0.15) is 6.04 Å². The van der Waals surface area contributed by atoms with Crippen LogP contribution in [0.25, 0.3) is 11.3 Å². The van der Waals surface area contributed by atoms with E-state index >= 15 is 0 Å². The van der Waals surface area contributed by atoms with Crippen molar-refractivity contribution in [1.82, 2.24) is 14.8 Å². The molecular formula is C20H20N4O2. The topological polar surface area (TPSA) is 76.9 Å². The van der Waals surface area contributed by atoms with Crippen LogP contribution in [-0.2, 0) is 4.79 Å². The standard InChI is InChI=1S/C20H20N4O2/c1-13-8-7-11-17(14(13)2)22-19(25)15(3)24-20(26)23-18(12-21-24)16-9-5-4-6-10-16/h4-12,15H,1-3H3,(H,22,25). The normalized spacial score (nSPS) is 11.8. The van der Waals surface area contributed by atoms with Gasteiger partial charge in [-0.3, -0.25) is 4.79 Å². The van der Waals surface area contributed by atoms with Crippen molar-refractivity contribution in [3.05, 3.63) is 76.3 Å². The van der Waals surface area contributed by atoms with Crippen molar-refractivity contribution < 1.29 is 4.79 Å². The Hall–Kier alpha value is -3.28. The molecule has 3 rings (SSSR count). The van der Waals surface area contributed by atoms with E-state index in [1.54, 1.807) is 6.92 Å². The van der Waals surface area contributed by atoms with E-state index in [1.165, 1.54) is 6.20 Å². The Balaban J connectivity index is 1.83. The lowest BCUT2D eigenvalue weighted by Crippen LogP contribution is -2.35. The number of nitrogens with one attached hydrogen (secondary N) is 1. The molecule has 0 bridgehead atoms. The molecule has 3 aromatic rings. The van der Waals surface area contributed by atoms with Gasteiger partial charge in [0, 0.05) is 11.3 Å². The third kappa shape index (κ3) is 3.54. The van der Waals surface area contributed by atoms with Gasteiger partial charge in [-0.25, -0.2) is 9.48 Å². The summed E-state index contributed by atoms with van der Waals surface area (Å²) in [6, 6.07) is 14.2. The number of carbonyl (C=O) groups excluding carboxylic acids is 1. The summed E-state index contributed by atoms with van der Waals surface area (Å²) >= 11 is 0. The zero-order valence-corrected chi connectivity index (χ0v) is 14.9. The highest BCUT2D eigenvalue weighted by atomic mass is 16.2. The predicted molar refractivity (Wildman–Crippen MR) is 101 cm³/mol. The fourth-order valence-electron chi connectivity index (χ4n) is 2.60. The zero-order chi connectivity index (χ0) is 18.7. The quantitative estimate of drug-likeness (QED) is 0.786. The van der Waals surface area contributed by atoms with Gasteiger partial charge in [-0.1, -0.05) is 42.5 Å². The van der Waals surface area contributed by atoms with E-state index in [0.717, 1.165) is 27.1 Å². The molecule has 0 fully saturated rings. The second kappa shape index (κ2) is 7.31. The van der Waals surface area contributed by atoms with Gasteiger partial charge < -0.3 is 5.32 Å². The van der Waals surface area contributed by atoms with Crippen molar-refractivity contribution in [2.24, 2.45) is 0 Å². The van der Waals surface area contributed by atoms with E-state index in [-0.39, 0.29) is 5.91 Å². The molecule has 0 aliphatic carbocycles. The van der Waals surface area contributed by atoms with Gasteiger partial charge in [0.25, 0.3) is 0 Å². The largest absolute Gasteiger partial charge is 0.365 e. The second-order valence-corrected chi connectivity index (χ2v) is 6.15. The Kier molecular flexibility index (Phi) is 4.93. The summed E-state index contributed by atoms with van der Waals surface area (Å²) in [5.41, 5.74) is 3.52. The first-order valence-corrected chi connectivity index (χ1v) is 8.35. The number of anilines is 1. The highest BCUT2D eigenvalue weighted by molar-refractivity contribution is 5.94. The monoisotopic (exact) mass is 348 g/mol. The van der Waals surface area contributed by atoms with Crippen LogP contribution in [0.4, 0.5) is 5.69 Å². The van der Waals surface area contributed by atoms with Gasteiger partial charge in [0.2, 0.25) is 5.91 Å². The molecule has 0 aliphatic heterocycles. The lowest BCUT2D eigenvalue weighted by Gasteiger charge is -2.15. The molecule has 2 aromatic carbocycles. The third-order valence-corrected chi connectivity index (χ3v) is 4.39. The van der Waals surface area contributed by atoms with Gasteiger partial charge in [-0.05, 0) is 38.0 Å². The number of aryl methyl sites for hydroxylation is 1. The van der Waals surface area contributed by atoms with Crippen LogP contribution in [0.2, 0.25) is 0 Å². The molecule has 0 saturated heterocycles. The Morgan fingerprint density at radius 3 is 2.50 bits per heavy atom. The van der Waals surface area contributed by atoms with Crippen LogP contribution < -0.4 is 11.0 Å². The maximum absolute atomic E-state index is 12.5. The summed E-state index contributed by atoms with van der Waals surface area (Å²) in [6.07, 6.45) is 1.50. The number of hydrogen-bond acceptors (Lipinski definition) is 4. The lowest BCUT2D eigenvalue weighted by molar-refractivity contribution is -0.119. The minimum Gasteiger partial charge on any atom is -0.324 e. The van der Waals surface area contributed by atoms with Gasteiger partial charge in [0.15, 0.2) is 0 Å². The molecule has 1 N–H and O–H groups in total. The summed E-state index contributed by atoms with van der Waals surface area (Å²) in [5.74, 6) is -0.317. The van der Waals surface area contributed by atoms with Crippen molar-refractivity contribution in [2.75, 3.05) is 5.32 Å². The first-order valence-electron chi connectivity index (χ1n) is 8.35. The van der Waals surface area contributed by atoms with Crippen LogP contribution in [-0.4, -0.2) is 20.7 Å². The predicted octanol–water partition coefficient (Wildman–Crippen LogP) is 3.12. The Labute approximate surface area is 151 Å². The molecule has 0 saturated carbocycles. The van der Waals surface area contributed by atoms with Crippen molar-refractivity contribution >= 4 is 11.6 Å². The van der Waals surface area contributed by atoms with E-state index in [0.29, 0.717) is 5.69 Å². The molecule has 1 unspecified atom stereocenters. The van der Waals surface area contributed by atoms with Crippen LogP contribution in [0.1, 0.15) is 24.1 Å². The summed E-state index contributed by atoms with van der Waals surface area (Å²) in [7, 11) is 0. The average molecular weight is 348 g/mol. The van der Waals surface area contributed by atoms with Crippen LogP contribution in [0.15, 0.2) is 59.5 Å². The number of aromatic nitrogens is 3. The second-order valence-electron chi connectivity index (χ2n) is 6.15. The van der Waals surface area contributed by atoms with Gasteiger partial charge >= 0.3 is 5.69 Å². The average Bonchev–Trinajstić information content (AvgIpc) is 2.65. The maximum atomic E-state index is 12.5. The lowest BCUT2D eigenvalue weighted by atomic mass is 10.1. The number of carbonyl (C=O) groups is 1. The first kappa shape index (κ1) is 17.5. The van der Waals surface area contributed by atoms with Crippen LogP contribution >= 0.6 is 0 Å². The van der Waals surface area contributed by atoms with E-state index < -0.39 is 11.7 Å². The fraction of sp³-hybridized carbons (Fsp3) is 0.200. The highest BCUT2D eigenvalue weighted by Crippen LogP contribution is 2.19. The number of rotatable bonds is 4. The molecule has 26 heavy (non-hydrogen) atoms. The van der Waals surface area contributed by atoms with Crippen molar-refractivity contribution in [3.63, 3.8) is 0 Å². The van der Waals surface area contributed by atoms with Crippen molar-refractivity contribution in [2.45, 2.75) is 26.8 Å². The number of nitrogens with zero attached hydrogens (tertiary/aromatic N) is 3.